The second-order valence-electron chi connectivity index (χ2n) is 4.20. The van der Waals surface area contributed by atoms with Gasteiger partial charge >= 0.3 is 0 Å². The Morgan fingerprint density at radius 2 is 2.22 bits per heavy atom. The summed E-state index contributed by atoms with van der Waals surface area (Å²) in [5.74, 6) is -0.675. The first-order valence-corrected chi connectivity index (χ1v) is 6.09. The van der Waals surface area contributed by atoms with E-state index < -0.39 is 5.91 Å². The molecule has 0 aliphatic carbocycles. The summed E-state index contributed by atoms with van der Waals surface area (Å²) in [5.41, 5.74) is 5.95. The Morgan fingerprint density at radius 1 is 1.44 bits per heavy atom. The Labute approximate surface area is 110 Å². The van der Waals surface area contributed by atoms with Crippen molar-refractivity contribution in [3.05, 3.63) is 28.8 Å². The Kier molecular flexibility index (Phi) is 3.84. The number of benzene rings is 1. The fourth-order valence-corrected chi connectivity index (χ4v) is 2.20. The number of primary amides is 1. The van der Waals surface area contributed by atoms with E-state index in [0.717, 1.165) is 19.4 Å². The average Bonchev–Trinajstić information content (AvgIpc) is 2.81. The Hall–Kier alpha value is -1.59. The molecule has 96 valence electrons. The van der Waals surface area contributed by atoms with E-state index in [0.29, 0.717) is 5.69 Å². The first kappa shape index (κ1) is 12.9. The van der Waals surface area contributed by atoms with Crippen molar-refractivity contribution in [2.75, 3.05) is 11.9 Å². The fraction of sp³-hybridized carbons (Fsp3) is 0.333. The van der Waals surface area contributed by atoms with E-state index in [2.05, 4.69) is 10.6 Å². The molecule has 0 saturated carbocycles. The van der Waals surface area contributed by atoms with Crippen LogP contribution in [0.2, 0.25) is 5.02 Å². The molecule has 1 aliphatic rings. The van der Waals surface area contributed by atoms with Crippen molar-refractivity contribution >= 4 is 29.1 Å². The van der Waals surface area contributed by atoms with Crippen molar-refractivity contribution in [3.63, 3.8) is 0 Å². The van der Waals surface area contributed by atoms with Crippen molar-refractivity contribution in [2.24, 2.45) is 5.73 Å². The lowest BCUT2D eigenvalue weighted by atomic mass is 10.1. The number of hydrogen-bond acceptors (Lipinski definition) is 3. The third kappa shape index (κ3) is 2.80. The van der Waals surface area contributed by atoms with Crippen LogP contribution in [0.1, 0.15) is 23.2 Å². The van der Waals surface area contributed by atoms with Gasteiger partial charge in [-0.25, -0.2) is 0 Å². The van der Waals surface area contributed by atoms with E-state index in [1.807, 2.05) is 0 Å². The minimum Gasteiger partial charge on any atom is -0.366 e. The van der Waals surface area contributed by atoms with Gasteiger partial charge in [0.05, 0.1) is 16.6 Å². The van der Waals surface area contributed by atoms with Crippen LogP contribution in [0.4, 0.5) is 5.69 Å². The summed E-state index contributed by atoms with van der Waals surface area (Å²) in [5, 5.41) is 6.09. The first-order chi connectivity index (χ1) is 8.58. The Balaban J connectivity index is 2.07. The lowest BCUT2D eigenvalue weighted by molar-refractivity contribution is -0.117. The van der Waals surface area contributed by atoms with Crippen molar-refractivity contribution in [1.82, 2.24) is 5.32 Å². The zero-order valence-electron chi connectivity index (χ0n) is 9.70. The molecule has 0 bridgehead atoms. The summed E-state index contributed by atoms with van der Waals surface area (Å²) < 4.78 is 0. The summed E-state index contributed by atoms with van der Waals surface area (Å²) in [6, 6.07) is 4.48. The summed E-state index contributed by atoms with van der Waals surface area (Å²) in [6.45, 7) is 0.861. The van der Waals surface area contributed by atoms with Gasteiger partial charge in [0.2, 0.25) is 11.8 Å². The van der Waals surface area contributed by atoms with Gasteiger partial charge in [-0.05, 0) is 37.6 Å². The van der Waals surface area contributed by atoms with Crippen LogP contribution in [-0.4, -0.2) is 24.4 Å². The van der Waals surface area contributed by atoms with E-state index in [9.17, 15) is 9.59 Å². The zero-order valence-corrected chi connectivity index (χ0v) is 10.5. The predicted octanol–water partition coefficient (Wildman–Crippen LogP) is 1.13. The van der Waals surface area contributed by atoms with Gasteiger partial charge in [-0.1, -0.05) is 11.6 Å². The lowest BCUT2D eigenvalue weighted by Crippen LogP contribution is -2.35. The Morgan fingerprint density at radius 3 is 2.78 bits per heavy atom. The van der Waals surface area contributed by atoms with Crippen LogP contribution in [0.3, 0.4) is 0 Å². The van der Waals surface area contributed by atoms with Crippen LogP contribution >= 0.6 is 11.6 Å². The molecule has 1 aromatic rings. The van der Waals surface area contributed by atoms with Gasteiger partial charge in [0.25, 0.3) is 0 Å². The third-order valence-corrected chi connectivity index (χ3v) is 3.19. The highest BCUT2D eigenvalue weighted by Gasteiger charge is 2.22. The second-order valence-corrected chi connectivity index (χ2v) is 4.60. The van der Waals surface area contributed by atoms with Gasteiger partial charge in [-0.3, -0.25) is 9.59 Å². The molecule has 1 atom stereocenters. The Bertz CT molecular complexity index is 484. The number of nitrogens with one attached hydrogen (secondary N) is 2. The van der Waals surface area contributed by atoms with Crippen LogP contribution in [-0.2, 0) is 4.79 Å². The molecule has 1 aromatic carbocycles. The number of halogens is 1. The summed E-state index contributed by atoms with van der Waals surface area (Å²) in [7, 11) is 0. The van der Waals surface area contributed by atoms with E-state index in [1.165, 1.54) is 12.1 Å². The average molecular weight is 268 g/mol. The molecule has 0 aromatic heterocycles. The van der Waals surface area contributed by atoms with E-state index in [4.69, 9.17) is 17.3 Å². The summed E-state index contributed by atoms with van der Waals surface area (Å²) >= 11 is 5.90. The van der Waals surface area contributed by atoms with Crippen LogP contribution in [0, 0.1) is 0 Å². The first-order valence-electron chi connectivity index (χ1n) is 5.71. The number of anilines is 1. The van der Waals surface area contributed by atoms with Crippen LogP contribution in [0.15, 0.2) is 18.2 Å². The van der Waals surface area contributed by atoms with Crippen LogP contribution in [0.5, 0.6) is 0 Å². The quantitative estimate of drug-likeness (QED) is 0.768. The highest BCUT2D eigenvalue weighted by atomic mass is 35.5. The molecule has 0 radical (unpaired) electrons. The smallest absolute Gasteiger partial charge is 0.250 e. The van der Waals surface area contributed by atoms with Gasteiger partial charge in [-0.2, -0.15) is 0 Å². The highest BCUT2D eigenvalue weighted by molar-refractivity contribution is 6.34. The predicted molar refractivity (Wildman–Crippen MR) is 69.6 cm³/mol. The lowest BCUT2D eigenvalue weighted by Gasteiger charge is -2.11. The molecule has 1 fully saturated rings. The molecular formula is C12H14ClN3O2. The maximum absolute atomic E-state index is 11.8. The molecule has 1 aliphatic heterocycles. The number of amides is 2. The number of hydrogen-bond donors (Lipinski definition) is 3. The number of carbonyl (C=O) groups is 2. The largest absolute Gasteiger partial charge is 0.366 e. The maximum atomic E-state index is 11.8. The standard InChI is InChI=1S/C12H14ClN3O2/c13-9-6-7(3-4-8(9)11(14)17)16-12(18)10-2-1-5-15-10/h3-4,6,10,15H,1-2,5H2,(H2,14,17)(H,16,18)/t10-/m1/s1. The van der Waals surface area contributed by atoms with Crippen LogP contribution in [0.25, 0.3) is 0 Å². The topological polar surface area (TPSA) is 84.2 Å². The molecule has 1 saturated heterocycles. The van der Waals surface area contributed by atoms with Gasteiger partial charge in [0, 0.05) is 5.69 Å². The van der Waals surface area contributed by atoms with Gasteiger partial charge in [0.1, 0.15) is 0 Å². The molecule has 18 heavy (non-hydrogen) atoms. The van der Waals surface area contributed by atoms with Crippen molar-refractivity contribution in [3.8, 4) is 0 Å². The van der Waals surface area contributed by atoms with Crippen molar-refractivity contribution < 1.29 is 9.59 Å². The third-order valence-electron chi connectivity index (χ3n) is 2.88. The minimum atomic E-state index is -0.588. The molecule has 1 heterocycles. The molecule has 0 spiro atoms. The van der Waals surface area contributed by atoms with E-state index >= 15 is 0 Å². The van der Waals surface area contributed by atoms with Gasteiger partial charge in [0.15, 0.2) is 0 Å². The minimum absolute atomic E-state index is 0.0876. The van der Waals surface area contributed by atoms with Gasteiger partial charge in [-0.15, -0.1) is 0 Å². The van der Waals surface area contributed by atoms with Crippen molar-refractivity contribution in [1.29, 1.82) is 0 Å². The zero-order chi connectivity index (χ0) is 13.1. The van der Waals surface area contributed by atoms with E-state index in [1.54, 1.807) is 6.07 Å². The maximum Gasteiger partial charge on any atom is 0.250 e. The number of nitrogens with two attached hydrogens (primary N) is 1. The second kappa shape index (κ2) is 5.37. The monoisotopic (exact) mass is 267 g/mol. The van der Waals surface area contributed by atoms with Crippen molar-refractivity contribution in [2.45, 2.75) is 18.9 Å². The molecular weight excluding hydrogens is 254 g/mol. The normalized spacial score (nSPS) is 18.6. The fourth-order valence-electron chi connectivity index (χ4n) is 1.93. The summed E-state index contributed by atoms with van der Waals surface area (Å²) in [4.78, 5) is 22.8. The summed E-state index contributed by atoms with van der Waals surface area (Å²) in [6.07, 6.45) is 1.83. The number of rotatable bonds is 3. The molecule has 0 unspecified atom stereocenters. The van der Waals surface area contributed by atoms with Gasteiger partial charge < -0.3 is 16.4 Å². The number of carbonyl (C=O) groups excluding carboxylic acids is 2. The van der Waals surface area contributed by atoms with E-state index in [-0.39, 0.29) is 22.5 Å². The molecule has 2 rings (SSSR count). The van der Waals surface area contributed by atoms with Crippen LogP contribution < -0.4 is 16.4 Å². The molecule has 5 nitrogen and oxygen atoms in total. The molecule has 4 N–H and O–H groups in total. The highest BCUT2D eigenvalue weighted by Crippen LogP contribution is 2.21. The molecule has 6 heteroatoms. The molecule has 2 amide bonds. The SMILES string of the molecule is NC(=O)c1ccc(NC(=O)[C@H]2CCCN2)cc1Cl.